The minimum absolute atomic E-state index is 0.0313. The summed E-state index contributed by atoms with van der Waals surface area (Å²) in [6, 6.07) is 8.10. The lowest BCUT2D eigenvalue weighted by Gasteiger charge is -2.08. The van der Waals surface area contributed by atoms with Gasteiger partial charge >= 0.3 is 5.97 Å². The molecule has 0 atom stereocenters. The Balaban J connectivity index is 2.31. The van der Waals surface area contributed by atoms with Crippen molar-refractivity contribution >= 4 is 11.8 Å². The smallest absolute Gasteiger partial charge is 0.339 e. The number of aryl methyl sites for hydroxylation is 1. The van der Waals surface area contributed by atoms with Crippen LogP contribution in [0.5, 0.6) is 5.75 Å². The lowest BCUT2D eigenvalue weighted by Crippen LogP contribution is -2.07. The molecule has 0 saturated carbocycles. The number of carbonyl (C=O) groups is 2. The van der Waals surface area contributed by atoms with Crippen molar-refractivity contribution in [2.75, 3.05) is 0 Å². The zero-order chi connectivity index (χ0) is 15.6. The third-order valence-electron chi connectivity index (χ3n) is 3.13. The lowest BCUT2D eigenvalue weighted by atomic mass is 9.98. The van der Waals surface area contributed by atoms with Gasteiger partial charge in [-0.15, -0.1) is 0 Å². The monoisotopic (exact) mass is 288 g/mol. The van der Waals surface area contributed by atoms with Crippen LogP contribution in [-0.2, 0) is 6.42 Å². The topological polar surface area (TPSA) is 74.6 Å². The first-order valence-electron chi connectivity index (χ1n) is 6.23. The number of Topliss-reactive ketones (excluding diaryl/α,β-unsaturated/α-hetero) is 1. The van der Waals surface area contributed by atoms with Gasteiger partial charge in [0.1, 0.15) is 17.1 Å². The summed E-state index contributed by atoms with van der Waals surface area (Å²) in [6.45, 7) is 1.52. The molecule has 2 N–H and O–H groups in total. The summed E-state index contributed by atoms with van der Waals surface area (Å²) in [4.78, 5) is 23.2. The molecule has 2 rings (SSSR count). The molecule has 0 unspecified atom stereocenters. The Kier molecular flexibility index (Phi) is 4.03. The average molecular weight is 288 g/mol. The number of phenols is 1. The lowest BCUT2D eigenvalue weighted by molar-refractivity contribution is 0.0693. The Bertz CT molecular complexity index is 705. The highest BCUT2D eigenvalue weighted by Crippen LogP contribution is 2.24. The predicted octanol–water partition coefficient (Wildman–Crippen LogP) is 2.96. The summed E-state index contributed by atoms with van der Waals surface area (Å²) < 4.78 is 12.8. The van der Waals surface area contributed by atoms with Crippen molar-refractivity contribution in [2.24, 2.45) is 0 Å². The van der Waals surface area contributed by atoms with Crippen LogP contribution in [0.4, 0.5) is 4.39 Å². The predicted molar refractivity (Wildman–Crippen MR) is 74.2 cm³/mol. The zero-order valence-electron chi connectivity index (χ0n) is 11.3. The highest BCUT2D eigenvalue weighted by molar-refractivity contribution is 6.01. The Morgan fingerprint density at radius 2 is 1.76 bits per heavy atom. The second-order valence-corrected chi connectivity index (χ2v) is 4.72. The number of aromatic carboxylic acids is 1. The van der Waals surface area contributed by atoms with E-state index < -0.39 is 5.97 Å². The molecule has 4 nitrogen and oxygen atoms in total. The first-order valence-corrected chi connectivity index (χ1v) is 6.23. The van der Waals surface area contributed by atoms with Gasteiger partial charge in [0.15, 0.2) is 5.78 Å². The summed E-state index contributed by atoms with van der Waals surface area (Å²) in [5.74, 6) is -2.33. The fourth-order valence-corrected chi connectivity index (χ4v) is 1.99. The summed E-state index contributed by atoms with van der Waals surface area (Å²) in [6.07, 6.45) is 0.0313. The van der Waals surface area contributed by atoms with E-state index in [0.717, 1.165) is 6.07 Å². The molecule has 0 saturated heterocycles. The van der Waals surface area contributed by atoms with Gasteiger partial charge in [0.2, 0.25) is 0 Å². The largest absolute Gasteiger partial charge is 0.507 e. The molecule has 0 aliphatic rings. The molecule has 0 aliphatic carbocycles. The number of ketones is 1. The molecule has 0 radical (unpaired) electrons. The maximum Gasteiger partial charge on any atom is 0.339 e. The number of aromatic hydroxyl groups is 1. The van der Waals surface area contributed by atoms with Crippen molar-refractivity contribution in [3.63, 3.8) is 0 Å². The molecular weight excluding hydrogens is 275 g/mol. The highest BCUT2D eigenvalue weighted by Gasteiger charge is 2.17. The van der Waals surface area contributed by atoms with E-state index >= 15 is 0 Å². The molecule has 0 heterocycles. The van der Waals surface area contributed by atoms with Crippen molar-refractivity contribution in [2.45, 2.75) is 13.3 Å². The standard InChI is InChI=1S/C16H13FO4/c1-9-6-11(8-13(15(9)19)16(20)21)14(18)7-10-2-4-12(17)5-3-10/h2-6,8,19H,7H2,1H3,(H,20,21). The summed E-state index contributed by atoms with van der Waals surface area (Å²) >= 11 is 0. The van der Waals surface area contributed by atoms with Crippen molar-refractivity contribution in [3.05, 3.63) is 64.5 Å². The number of benzene rings is 2. The third-order valence-corrected chi connectivity index (χ3v) is 3.13. The van der Waals surface area contributed by atoms with Crippen LogP contribution in [0.2, 0.25) is 0 Å². The van der Waals surface area contributed by atoms with Crippen LogP contribution in [0.25, 0.3) is 0 Å². The zero-order valence-corrected chi connectivity index (χ0v) is 11.3. The van der Waals surface area contributed by atoms with Gasteiger partial charge in [-0.05, 0) is 42.3 Å². The van der Waals surface area contributed by atoms with Gasteiger partial charge in [-0.2, -0.15) is 0 Å². The van der Waals surface area contributed by atoms with E-state index in [0.29, 0.717) is 11.1 Å². The minimum Gasteiger partial charge on any atom is -0.507 e. The molecule has 2 aromatic carbocycles. The first kappa shape index (κ1) is 14.7. The van der Waals surface area contributed by atoms with Gasteiger partial charge in [0, 0.05) is 12.0 Å². The minimum atomic E-state index is -1.30. The van der Waals surface area contributed by atoms with Gasteiger partial charge in [-0.3, -0.25) is 4.79 Å². The number of hydrogen-bond donors (Lipinski definition) is 2. The molecule has 2 aromatic rings. The van der Waals surface area contributed by atoms with E-state index in [1.54, 1.807) is 0 Å². The molecular formula is C16H13FO4. The van der Waals surface area contributed by atoms with Crippen molar-refractivity contribution in [3.8, 4) is 5.75 Å². The van der Waals surface area contributed by atoms with Crippen molar-refractivity contribution < 1.29 is 24.2 Å². The highest BCUT2D eigenvalue weighted by atomic mass is 19.1. The number of carboxylic acids is 1. The molecule has 0 amide bonds. The second-order valence-electron chi connectivity index (χ2n) is 4.72. The van der Waals surface area contributed by atoms with E-state index in [4.69, 9.17) is 5.11 Å². The van der Waals surface area contributed by atoms with E-state index in [1.807, 2.05) is 0 Å². The maximum atomic E-state index is 12.8. The van der Waals surface area contributed by atoms with Crippen LogP contribution in [0.1, 0.15) is 31.8 Å². The van der Waals surface area contributed by atoms with Crippen molar-refractivity contribution in [1.82, 2.24) is 0 Å². The fraction of sp³-hybridized carbons (Fsp3) is 0.125. The Hall–Kier alpha value is -2.69. The summed E-state index contributed by atoms with van der Waals surface area (Å²) in [7, 11) is 0. The second kappa shape index (κ2) is 5.75. The molecule has 0 aliphatic heterocycles. The maximum absolute atomic E-state index is 12.8. The molecule has 5 heteroatoms. The van der Waals surface area contributed by atoms with Crippen LogP contribution in [-0.4, -0.2) is 22.0 Å². The van der Waals surface area contributed by atoms with E-state index in [9.17, 15) is 19.1 Å². The number of rotatable bonds is 4. The van der Waals surface area contributed by atoms with Crippen LogP contribution in [0, 0.1) is 12.7 Å². The Morgan fingerprint density at radius 3 is 2.33 bits per heavy atom. The third kappa shape index (κ3) is 3.25. The van der Waals surface area contributed by atoms with Crippen molar-refractivity contribution in [1.29, 1.82) is 0 Å². The Labute approximate surface area is 120 Å². The molecule has 0 bridgehead atoms. The summed E-state index contributed by atoms with van der Waals surface area (Å²) in [5, 5.41) is 18.7. The number of carbonyl (C=O) groups excluding carboxylic acids is 1. The Morgan fingerprint density at radius 1 is 1.14 bits per heavy atom. The van der Waals surface area contributed by atoms with Gasteiger partial charge in [-0.1, -0.05) is 12.1 Å². The van der Waals surface area contributed by atoms with Crippen LogP contribution in [0.3, 0.4) is 0 Å². The van der Waals surface area contributed by atoms with E-state index in [2.05, 4.69) is 0 Å². The fourth-order valence-electron chi connectivity index (χ4n) is 1.99. The molecule has 108 valence electrons. The average Bonchev–Trinajstić information content (AvgIpc) is 2.43. The van der Waals surface area contributed by atoms with Crippen LogP contribution in [0.15, 0.2) is 36.4 Å². The number of carboxylic acid groups (broad SMARTS) is 1. The molecule has 0 aromatic heterocycles. The van der Waals surface area contributed by atoms with Crippen LogP contribution < -0.4 is 0 Å². The first-order chi connectivity index (χ1) is 9.88. The number of halogens is 1. The van der Waals surface area contributed by atoms with E-state index in [1.165, 1.54) is 37.3 Å². The summed E-state index contributed by atoms with van der Waals surface area (Å²) in [5.41, 5.74) is 0.839. The van der Waals surface area contributed by atoms with Gasteiger partial charge < -0.3 is 10.2 Å². The number of hydrogen-bond acceptors (Lipinski definition) is 3. The SMILES string of the molecule is Cc1cc(C(=O)Cc2ccc(F)cc2)cc(C(=O)O)c1O. The van der Waals surface area contributed by atoms with Gasteiger partial charge in [0.25, 0.3) is 0 Å². The molecule has 0 spiro atoms. The quantitative estimate of drug-likeness (QED) is 0.848. The normalized spacial score (nSPS) is 10.4. The van der Waals surface area contributed by atoms with Gasteiger partial charge in [0.05, 0.1) is 0 Å². The van der Waals surface area contributed by atoms with Crippen LogP contribution >= 0.6 is 0 Å². The van der Waals surface area contributed by atoms with E-state index in [-0.39, 0.29) is 34.9 Å². The molecule has 0 fully saturated rings. The molecule has 21 heavy (non-hydrogen) atoms. The van der Waals surface area contributed by atoms with Gasteiger partial charge in [-0.25, -0.2) is 9.18 Å².